The van der Waals surface area contributed by atoms with E-state index in [2.05, 4.69) is 4.98 Å². The maximum atomic E-state index is 5.83. The standard InChI is InChI=1S/C12H16N2O/c1-7-5-4-6-10-11(7)15-12(14-10)8(2)9(3)13/h4-6,8-9H,13H2,1-3H3. The van der Waals surface area contributed by atoms with Crippen LogP contribution in [0.15, 0.2) is 22.6 Å². The lowest BCUT2D eigenvalue weighted by Gasteiger charge is -2.10. The molecule has 2 rings (SSSR count). The number of aryl methyl sites for hydroxylation is 1. The Balaban J connectivity index is 2.52. The van der Waals surface area contributed by atoms with Crippen LogP contribution in [0.4, 0.5) is 0 Å². The SMILES string of the molecule is Cc1cccc2nc(C(C)C(C)N)oc12. The maximum absolute atomic E-state index is 5.83. The molecule has 3 nitrogen and oxygen atoms in total. The molecule has 0 fully saturated rings. The third kappa shape index (κ3) is 1.75. The van der Waals surface area contributed by atoms with E-state index in [0.717, 1.165) is 22.6 Å². The second-order valence-electron chi connectivity index (χ2n) is 4.12. The van der Waals surface area contributed by atoms with Crippen LogP contribution >= 0.6 is 0 Å². The van der Waals surface area contributed by atoms with Gasteiger partial charge in [-0.15, -0.1) is 0 Å². The van der Waals surface area contributed by atoms with Gasteiger partial charge in [0.2, 0.25) is 0 Å². The van der Waals surface area contributed by atoms with Crippen molar-refractivity contribution < 1.29 is 4.42 Å². The Kier molecular flexibility index (Phi) is 2.49. The van der Waals surface area contributed by atoms with Gasteiger partial charge in [0.25, 0.3) is 0 Å². The van der Waals surface area contributed by atoms with Gasteiger partial charge in [0.1, 0.15) is 5.52 Å². The summed E-state index contributed by atoms with van der Waals surface area (Å²) in [7, 11) is 0. The number of benzene rings is 1. The van der Waals surface area contributed by atoms with Gasteiger partial charge in [0.05, 0.1) is 0 Å². The molecule has 2 atom stereocenters. The summed E-state index contributed by atoms with van der Waals surface area (Å²) < 4.78 is 5.73. The number of hydrogen-bond acceptors (Lipinski definition) is 3. The zero-order chi connectivity index (χ0) is 11.0. The summed E-state index contributed by atoms with van der Waals surface area (Å²) in [6.07, 6.45) is 0. The van der Waals surface area contributed by atoms with Gasteiger partial charge in [-0.3, -0.25) is 0 Å². The monoisotopic (exact) mass is 204 g/mol. The van der Waals surface area contributed by atoms with Crippen LogP contribution in [-0.2, 0) is 0 Å². The molecule has 1 aromatic heterocycles. The second kappa shape index (κ2) is 3.66. The Bertz CT molecular complexity index is 473. The van der Waals surface area contributed by atoms with Crippen LogP contribution in [0.3, 0.4) is 0 Å². The molecule has 3 heteroatoms. The van der Waals surface area contributed by atoms with E-state index >= 15 is 0 Å². The molecule has 0 amide bonds. The maximum Gasteiger partial charge on any atom is 0.199 e. The van der Waals surface area contributed by atoms with Crippen molar-refractivity contribution >= 4 is 11.1 Å². The highest BCUT2D eigenvalue weighted by Gasteiger charge is 2.17. The third-order valence-electron chi connectivity index (χ3n) is 2.81. The fraction of sp³-hybridized carbons (Fsp3) is 0.417. The topological polar surface area (TPSA) is 52.0 Å². The summed E-state index contributed by atoms with van der Waals surface area (Å²) >= 11 is 0. The van der Waals surface area contributed by atoms with Crippen molar-refractivity contribution in [3.8, 4) is 0 Å². The number of oxazole rings is 1. The molecular weight excluding hydrogens is 188 g/mol. The van der Waals surface area contributed by atoms with Gasteiger partial charge < -0.3 is 10.2 Å². The van der Waals surface area contributed by atoms with Crippen LogP contribution in [-0.4, -0.2) is 11.0 Å². The number of aromatic nitrogens is 1. The fourth-order valence-electron chi connectivity index (χ4n) is 1.52. The number of nitrogens with two attached hydrogens (primary N) is 1. The minimum absolute atomic E-state index is 0.0540. The van der Waals surface area contributed by atoms with Crippen LogP contribution in [0.5, 0.6) is 0 Å². The third-order valence-corrected chi connectivity index (χ3v) is 2.81. The summed E-state index contributed by atoms with van der Waals surface area (Å²) in [6, 6.07) is 6.02. The highest BCUT2D eigenvalue weighted by molar-refractivity contribution is 5.76. The van der Waals surface area contributed by atoms with Crippen molar-refractivity contribution in [2.24, 2.45) is 5.73 Å². The normalized spacial score (nSPS) is 15.5. The average molecular weight is 204 g/mol. The van der Waals surface area contributed by atoms with Gasteiger partial charge in [0, 0.05) is 12.0 Å². The molecule has 15 heavy (non-hydrogen) atoms. The first-order chi connectivity index (χ1) is 7.09. The summed E-state index contributed by atoms with van der Waals surface area (Å²) in [5.74, 6) is 0.881. The van der Waals surface area contributed by atoms with E-state index in [-0.39, 0.29) is 12.0 Å². The van der Waals surface area contributed by atoms with E-state index in [1.54, 1.807) is 0 Å². The molecule has 1 heterocycles. The van der Waals surface area contributed by atoms with E-state index < -0.39 is 0 Å². The lowest BCUT2D eigenvalue weighted by atomic mass is 10.1. The van der Waals surface area contributed by atoms with Crippen molar-refractivity contribution in [2.45, 2.75) is 32.7 Å². The summed E-state index contributed by atoms with van der Waals surface area (Å²) in [4.78, 5) is 4.45. The van der Waals surface area contributed by atoms with Crippen molar-refractivity contribution in [3.05, 3.63) is 29.7 Å². The summed E-state index contributed by atoms with van der Waals surface area (Å²) in [5.41, 5.74) is 8.73. The number of hydrogen-bond donors (Lipinski definition) is 1. The number of fused-ring (bicyclic) bond motifs is 1. The van der Waals surface area contributed by atoms with Gasteiger partial charge in [-0.1, -0.05) is 19.1 Å². The molecule has 2 aromatic rings. The minimum Gasteiger partial charge on any atom is -0.440 e. The predicted octanol–water partition coefficient (Wildman–Crippen LogP) is 2.59. The first-order valence-electron chi connectivity index (χ1n) is 5.21. The predicted molar refractivity (Wildman–Crippen MR) is 60.8 cm³/mol. The van der Waals surface area contributed by atoms with E-state index in [0.29, 0.717) is 0 Å². The van der Waals surface area contributed by atoms with Gasteiger partial charge in [-0.05, 0) is 25.5 Å². The second-order valence-corrected chi connectivity index (χ2v) is 4.12. The van der Waals surface area contributed by atoms with Gasteiger partial charge in [0.15, 0.2) is 11.5 Å². The zero-order valence-corrected chi connectivity index (χ0v) is 9.32. The first-order valence-corrected chi connectivity index (χ1v) is 5.21. The van der Waals surface area contributed by atoms with E-state index in [4.69, 9.17) is 10.2 Å². The van der Waals surface area contributed by atoms with Gasteiger partial charge >= 0.3 is 0 Å². The molecule has 1 aromatic carbocycles. The largest absolute Gasteiger partial charge is 0.440 e. The molecule has 0 saturated heterocycles. The number of nitrogens with zero attached hydrogens (tertiary/aromatic N) is 1. The molecular formula is C12H16N2O. The molecule has 2 unspecified atom stereocenters. The van der Waals surface area contributed by atoms with Crippen molar-refractivity contribution in [3.63, 3.8) is 0 Å². The summed E-state index contributed by atoms with van der Waals surface area (Å²) in [6.45, 7) is 6.02. The summed E-state index contributed by atoms with van der Waals surface area (Å²) in [5, 5.41) is 0. The molecule has 0 aliphatic heterocycles. The highest BCUT2D eigenvalue weighted by Crippen LogP contribution is 2.24. The van der Waals surface area contributed by atoms with Gasteiger partial charge in [-0.2, -0.15) is 0 Å². The Morgan fingerprint density at radius 1 is 1.33 bits per heavy atom. The van der Waals surface area contributed by atoms with Crippen molar-refractivity contribution in [1.29, 1.82) is 0 Å². The smallest absolute Gasteiger partial charge is 0.199 e. The molecule has 0 radical (unpaired) electrons. The Hall–Kier alpha value is -1.35. The molecule has 0 aliphatic carbocycles. The molecule has 0 aliphatic rings. The quantitative estimate of drug-likeness (QED) is 0.818. The highest BCUT2D eigenvalue weighted by atomic mass is 16.3. The van der Waals surface area contributed by atoms with E-state index in [1.807, 2.05) is 39.0 Å². The van der Waals surface area contributed by atoms with Crippen LogP contribution < -0.4 is 5.73 Å². The molecule has 0 saturated carbocycles. The van der Waals surface area contributed by atoms with Crippen LogP contribution in [0.2, 0.25) is 0 Å². The molecule has 2 N–H and O–H groups in total. The van der Waals surface area contributed by atoms with Crippen molar-refractivity contribution in [2.75, 3.05) is 0 Å². The average Bonchev–Trinajstić information content (AvgIpc) is 2.61. The first kappa shape index (κ1) is 10.2. The molecule has 80 valence electrons. The number of para-hydroxylation sites is 1. The number of rotatable bonds is 2. The Morgan fingerprint density at radius 3 is 2.67 bits per heavy atom. The lowest BCUT2D eigenvalue weighted by Crippen LogP contribution is -2.22. The molecule has 0 bridgehead atoms. The van der Waals surface area contributed by atoms with Crippen LogP contribution in [0.25, 0.3) is 11.1 Å². The molecule has 0 spiro atoms. The van der Waals surface area contributed by atoms with Gasteiger partial charge in [-0.25, -0.2) is 4.98 Å². The minimum atomic E-state index is 0.0540. The van der Waals surface area contributed by atoms with E-state index in [9.17, 15) is 0 Å². The Morgan fingerprint density at radius 2 is 2.07 bits per heavy atom. The van der Waals surface area contributed by atoms with Crippen LogP contribution in [0, 0.1) is 6.92 Å². The zero-order valence-electron chi connectivity index (χ0n) is 9.32. The Labute approximate surface area is 89.3 Å². The van der Waals surface area contributed by atoms with Crippen molar-refractivity contribution in [1.82, 2.24) is 4.98 Å². The lowest BCUT2D eigenvalue weighted by molar-refractivity contribution is 0.450. The van der Waals surface area contributed by atoms with E-state index in [1.165, 1.54) is 0 Å². The van der Waals surface area contributed by atoms with Crippen LogP contribution in [0.1, 0.15) is 31.2 Å². The fourth-order valence-corrected chi connectivity index (χ4v) is 1.52.